The molecule has 0 aliphatic carbocycles. The standard InChI is InChI=1S/C13H18BNO5S/c16-12(8-10-4-2-6-21-10)15-11-5-1-3-9(7-13(17)18)20-14(11)19/h1-4,6,9,11-12,15-16,19H,5,7-8H2,(H,17,18)/t9?,11-,12?/m0/s1. The highest BCUT2D eigenvalue weighted by atomic mass is 32.1. The number of hydrogen-bond acceptors (Lipinski definition) is 6. The van der Waals surface area contributed by atoms with Crippen molar-refractivity contribution in [2.75, 3.05) is 0 Å². The van der Waals surface area contributed by atoms with E-state index in [0.29, 0.717) is 12.8 Å². The Kier molecular flexibility index (Phi) is 5.95. The maximum Gasteiger partial charge on any atom is 0.473 e. The van der Waals surface area contributed by atoms with E-state index in [1.165, 1.54) is 0 Å². The van der Waals surface area contributed by atoms with Crippen LogP contribution in [0.2, 0.25) is 0 Å². The lowest BCUT2D eigenvalue weighted by atomic mass is 9.77. The van der Waals surface area contributed by atoms with Gasteiger partial charge in [-0.05, 0) is 17.9 Å². The topological polar surface area (TPSA) is 99.0 Å². The Morgan fingerprint density at radius 1 is 1.62 bits per heavy atom. The summed E-state index contributed by atoms with van der Waals surface area (Å²) in [4.78, 5) is 11.7. The molecule has 0 aromatic carbocycles. The SMILES string of the molecule is O=C(O)CC1C=CC[C@H](NC(O)Cc2cccs2)B(O)O1. The second kappa shape index (κ2) is 7.72. The first-order valence-corrected chi connectivity index (χ1v) is 7.61. The number of hydrogen-bond donors (Lipinski definition) is 4. The molecule has 1 aliphatic heterocycles. The molecule has 1 aromatic rings. The number of carboxylic acids is 1. The highest BCUT2D eigenvalue weighted by Crippen LogP contribution is 2.14. The van der Waals surface area contributed by atoms with Crippen LogP contribution in [0.3, 0.4) is 0 Å². The Morgan fingerprint density at radius 2 is 2.43 bits per heavy atom. The number of aliphatic hydroxyl groups is 1. The second-order valence-corrected chi connectivity index (χ2v) is 5.93. The van der Waals surface area contributed by atoms with E-state index < -0.39 is 31.4 Å². The zero-order valence-corrected chi connectivity index (χ0v) is 12.2. The van der Waals surface area contributed by atoms with Gasteiger partial charge in [-0.15, -0.1) is 11.3 Å². The predicted octanol–water partition coefficient (Wildman–Crippen LogP) is 0.407. The van der Waals surface area contributed by atoms with E-state index in [4.69, 9.17) is 9.76 Å². The first-order chi connectivity index (χ1) is 10.0. The van der Waals surface area contributed by atoms with Gasteiger partial charge in [-0.3, -0.25) is 10.1 Å². The molecule has 4 N–H and O–H groups in total. The molecule has 0 fully saturated rings. The van der Waals surface area contributed by atoms with Gasteiger partial charge >= 0.3 is 13.1 Å². The zero-order valence-electron chi connectivity index (χ0n) is 11.4. The molecule has 0 saturated heterocycles. The van der Waals surface area contributed by atoms with E-state index in [9.17, 15) is 14.9 Å². The fraction of sp³-hybridized carbons (Fsp3) is 0.462. The van der Waals surface area contributed by atoms with Gasteiger partial charge in [0.1, 0.15) is 6.23 Å². The summed E-state index contributed by atoms with van der Waals surface area (Å²) in [6.45, 7) is 0. The van der Waals surface area contributed by atoms with Crippen LogP contribution < -0.4 is 5.32 Å². The summed E-state index contributed by atoms with van der Waals surface area (Å²) in [5, 5.41) is 33.6. The van der Waals surface area contributed by atoms with Gasteiger partial charge in [-0.1, -0.05) is 18.2 Å². The molecule has 3 atom stereocenters. The number of thiophene rings is 1. The van der Waals surface area contributed by atoms with Gasteiger partial charge < -0.3 is 19.9 Å². The number of aliphatic hydroxyl groups excluding tert-OH is 1. The predicted molar refractivity (Wildman–Crippen MR) is 79.8 cm³/mol. The Labute approximate surface area is 127 Å². The summed E-state index contributed by atoms with van der Waals surface area (Å²) in [7, 11) is -1.16. The van der Waals surface area contributed by atoms with Crippen molar-refractivity contribution in [1.82, 2.24) is 5.32 Å². The lowest BCUT2D eigenvalue weighted by Crippen LogP contribution is -2.50. The molecule has 2 heterocycles. The molecule has 1 aromatic heterocycles. The molecule has 0 amide bonds. The smallest absolute Gasteiger partial charge is 0.473 e. The summed E-state index contributed by atoms with van der Waals surface area (Å²) in [6, 6.07) is 3.84. The first kappa shape index (κ1) is 16.2. The van der Waals surface area contributed by atoms with Gasteiger partial charge in [0.25, 0.3) is 0 Å². The maximum atomic E-state index is 10.7. The molecule has 2 rings (SSSR count). The van der Waals surface area contributed by atoms with Crippen LogP contribution in [-0.2, 0) is 15.9 Å². The van der Waals surface area contributed by atoms with Crippen LogP contribution in [0, 0.1) is 0 Å². The van der Waals surface area contributed by atoms with Gasteiger partial charge in [-0.25, -0.2) is 0 Å². The molecule has 6 nitrogen and oxygen atoms in total. The molecule has 2 unspecified atom stereocenters. The number of carboxylic acid groups (broad SMARTS) is 1. The number of rotatable bonds is 6. The van der Waals surface area contributed by atoms with Crippen molar-refractivity contribution in [3.63, 3.8) is 0 Å². The van der Waals surface area contributed by atoms with Gasteiger partial charge in [0.15, 0.2) is 0 Å². The molecule has 0 bridgehead atoms. The minimum Gasteiger partial charge on any atom is -0.481 e. The fourth-order valence-corrected chi connectivity index (χ4v) is 2.92. The Morgan fingerprint density at radius 3 is 3.10 bits per heavy atom. The zero-order chi connectivity index (χ0) is 15.2. The molecule has 8 heteroatoms. The average Bonchev–Trinajstić information content (AvgIpc) is 2.83. The van der Waals surface area contributed by atoms with Crippen LogP contribution in [0.5, 0.6) is 0 Å². The highest BCUT2D eigenvalue weighted by Gasteiger charge is 2.32. The summed E-state index contributed by atoms with van der Waals surface area (Å²) in [6.07, 6.45) is 2.65. The van der Waals surface area contributed by atoms with Gasteiger partial charge in [0, 0.05) is 17.2 Å². The van der Waals surface area contributed by atoms with E-state index in [1.54, 1.807) is 23.5 Å². The lowest BCUT2D eigenvalue weighted by Gasteiger charge is -2.23. The van der Waals surface area contributed by atoms with Crippen molar-refractivity contribution in [1.29, 1.82) is 0 Å². The van der Waals surface area contributed by atoms with Gasteiger partial charge in [0.05, 0.1) is 12.5 Å². The van der Waals surface area contributed by atoms with Crippen molar-refractivity contribution in [3.05, 3.63) is 34.5 Å². The summed E-state index contributed by atoms with van der Waals surface area (Å²) in [5.41, 5.74) is 0. The third kappa shape index (κ3) is 5.26. The highest BCUT2D eigenvalue weighted by molar-refractivity contribution is 7.09. The Hall–Kier alpha value is -1.19. The minimum absolute atomic E-state index is 0.196. The lowest BCUT2D eigenvalue weighted by molar-refractivity contribution is -0.138. The van der Waals surface area contributed by atoms with Crippen molar-refractivity contribution >= 4 is 24.4 Å². The third-order valence-electron chi connectivity index (χ3n) is 3.16. The van der Waals surface area contributed by atoms with Crippen molar-refractivity contribution in [2.45, 2.75) is 37.5 Å². The van der Waals surface area contributed by atoms with E-state index >= 15 is 0 Å². The fourth-order valence-electron chi connectivity index (χ4n) is 2.18. The molecular formula is C13H18BNO5S. The Bertz CT molecular complexity index is 481. The van der Waals surface area contributed by atoms with Crippen LogP contribution in [0.4, 0.5) is 0 Å². The molecule has 0 saturated carbocycles. The van der Waals surface area contributed by atoms with E-state index in [1.807, 2.05) is 17.5 Å². The van der Waals surface area contributed by atoms with Crippen LogP contribution in [0.25, 0.3) is 0 Å². The summed E-state index contributed by atoms with van der Waals surface area (Å²) in [5.74, 6) is -1.46. The Balaban J connectivity index is 1.86. The van der Waals surface area contributed by atoms with Crippen LogP contribution in [0.15, 0.2) is 29.7 Å². The second-order valence-electron chi connectivity index (χ2n) is 4.90. The van der Waals surface area contributed by atoms with Crippen molar-refractivity contribution < 1.29 is 24.7 Å². The quantitative estimate of drug-likeness (QED) is 0.345. The summed E-state index contributed by atoms with van der Waals surface area (Å²) >= 11 is 1.55. The molecular weight excluding hydrogens is 293 g/mol. The third-order valence-corrected chi connectivity index (χ3v) is 4.05. The number of nitrogens with one attached hydrogen (secondary N) is 1. The molecule has 1 aliphatic rings. The molecule has 0 spiro atoms. The van der Waals surface area contributed by atoms with E-state index in [2.05, 4.69) is 5.32 Å². The first-order valence-electron chi connectivity index (χ1n) is 6.73. The summed E-state index contributed by atoms with van der Waals surface area (Å²) < 4.78 is 5.29. The van der Waals surface area contributed by atoms with Crippen LogP contribution >= 0.6 is 11.3 Å². The number of carbonyl (C=O) groups is 1. The van der Waals surface area contributed by atoms with E-state index in [-0.39, 0.29) is 6.42 Å². The molecule has 21 heavy (non-hydrogen) atoms. The van der Waals surface area contributed by atoms with Gasteiger partial charge in [-0.2, -0.15) is 0 Å². The van der Waals surface area contributed by atoms with Crippen molar-refractivity contribution in [2.24, 2.45) is 0 Å². The van der Waals surface area contributed by atoms with E-state index in [0.717, 1.165) is 4.88 Å². The monoisotopic (exact) mass is 311 g/mol. The van der Waals surface area contributed by atoms with Gasteiger partial charge in [0.2, 0.25) is 0 Å². The minimum atomic E-state index is -1.16. The largest absolute Gasteiger partial charge is 0.481 e. The maximum absolute atomic E-state index is 10.7. The number of aliphatic carboxylic acids is 1. The molecule has 114 valence electrons. The normalized spacial score (nSPS) is 23.8. The average molecular weight is 311 g/mol. The van der Waals surface area contributed by atoms with Crippen LogP contribution in [0.1, 0.15) is 17.7 Å². The van der Waals surface area contributed by atoms with Crippen LogP contribution in [-0.4, -0.2) is 46.6 Å². The van der Waals surface area contributed by atoms with Crippen molar-refractivity contribution in [3.8, 4) is 0 Å². The molecule has 0 radical (unpaired) electrons.